The summed E-state index contributed by atoms with van der Waals surface area (Å²) in [5.41, 5.74) is 2.02. The van der Waals surface area contributed by atoms with Gasteiger partial charge in [0.15, 0.2) is 0 Å². The number of carbonyl (C=O) groups is 3. The zero-order valence-corrected chi connectivity index (χ0v) is 27.8. The van der Waals surface area contributed by atoms with Gasteiger partial charge in [-0.2, -0.15) is 0 Å². The molecule has 2 aromatic rings. The highest BCUT2D eigenvalue weighted by atomic mass is 32.1. The van der Waals surface area contributed by atoms with Crippen LogP contribution in [0.2, 0.25) is 0 Å². The van der Waals surface area contributed by atoms with Gasteiger partial charge in [0.25, 0.3) is 0 Å². The van der Waals surface area contributed by atoms with Gasteiger partial charge in [0.05, 0.1) is 39.8 Å². The van der Waals surface area contributed by atoms with E-state index in [9.17, 15) is 14.4 Å². The van der Waals surface area contributed by atoms with Gasteiger partial charge in [-0.25, -0.2) is 14.6 Å². The predicted molar refractivity (Wildman–Crippen MR) is 167 cm³/mol. The molecule has 2 heterocycles. The number of carbonyl (C=O) groups excluding carboxylic acids is 3. The van der Waals surface area contributed by atoms with Crippen molar-refractivity contribution in [2.75, 3.05) is 13.7 Å². The maximum atomic E-state index is 13.4. The molecule has 3 N–H and O–H groups in total. The first-order chi connectivity index (χ1) is 19.8. The standard InChI is InChI=1S/C29H48N6O5S2/c1-9-20(11-12-21(10-2)33-28(38)39-15-23-13-30-18-42-23)31-25(36)24(16-40-29(5,6)7)34-27(37)35(8)14-22-17-41-26(32-22)19(3)4/h13,17-21,24H,9-12,14-16H2,1-8H3,(H,31,36)(H,33,38)(H,34,37)/t20-,21-,24-/m0/s1. The fourth-order valence-corrected chi connectivity index (χ4v) is 5.20. The van der Waals surface area contributed by atoms with Crippen molar-refractivity contribution in [2.45, 2.75) is 117 Å². The quantitative estimate of drug-likeness (QED) is 0.227. The molecule has 2 aromatic heterocycles. The van der Waals surface area contributed by atoms with Crippen LogP contribution in [-0.2, 0) is 27.4 Å². The Labute approximate surface area is 258 Å². The Morgan fingerprint density at radius 2 is 1.69 bits per heavy atom. The average molecular weight is 625 g/mol. The van der Waals surface area contributed by atoms with Gasteiger partial charge >= 0.3 is 12.1 Å². The van der Waals surface area contributed by atoms with Crippen LogP contribution in [0.15, 0.2) is 17.1 Å². The molecule has 0 aromatic carbocycles. The predicted octanol–water partition coefficient (Wildman–Crippen LogP) is 5.43. The average Bonchev–Trinajstić information content (AvgIpc) is 3.63. The van der Waals surface area contributed by atoms with E-state index in [1.807, 2.05) is 40.0 Å². The van der Waals surface area contributed by atoms with Crippen molar-refractivity contribution in [3.63, 3.8) is 0 Å². The Morgan fingerprint density at radius 3 is 2.24 bits per heavy atom. The zero-order valence-electron chi connectivity index (χ0n) is 26.2. The summed E-state index contributed by atoms with van der Waals surface area (Å²) in [5.74, 6) is 0.0111. The molecule has 3 atom stereocenters. The van der Waals surface area contributed by atoms with Crippen molar-refractivity contribution in [3.05, 3.63) is 32.7 Å². The Morgan fingerprint density at radius 1 is 1.02 bits per heavy atom. The van der Waals surface area contributed by atoms with E-state index in [0.29, 0.717) is 31.7 Å². The number of ether oxygens (including phenoxy) is 2. The number of hydrogen-bond donors (Lipinski definition) is 3. The van der Waals surface area contributed by atoms with Crippen LogP contribution in [0.4, 0.5) is 9.59 Å². The third-order valence-electron chi connectivity index (χ3n) is 6.45. The summed E-state index contributed by atoms with van der Waals surface area (Å²) < 4.78 is 11.2. The fourth-order valence-electron chi connectivity index (χ4n) is 3.87. The molecule has 0 saturated carbocycles. The largest absolute Gasteiger partial charge is 0.444 e. The summed E-state index contributed by atoms with van der Waals surface area (Å²) in [7, 11) is 1.68. The first-order valence-corrected chi connectivity index (χ1v) is 16.3. The van der Waals surface area contributed by atoms with Gasteiger partial charge in [-0.05, 0) is 46.5 Å². The number of amides is 4. The molecule has 42 heavy (non-hydrogen) atoms. The second-order valence-electron chi connectivity index (χ2n) is 11.6. The second-order valence-corrected chi connectivity index (χ2v) is 13.5. The molecule has 0 aliphatic rings. The van der Waals surface area contributed by atoms with E-state index in [4.69, 9.17) is 9.47 Å². The van der Waals surface area contributed by atoms with Crippen molar-refractivity contribution < 1.29 is 23.9 Å². The van der Waals surface area contributed by atoms with Crippen molar-refractivity contribution in [2.24, 2.45) is 0 Å². The van der Waals surface area contributed by atoms with Gasteiger partial charge < -0.3 is 30.3 Å². The maximum absolute atomic E-state index is 13.4. The lowest BCUT2D eigenvalue weighted by Gasteiger charge is -2.28. The van der Waals surface area contributed by atoms with E-state index in [1.165, 1.54) is 16.2 Å². The molecule has 0 radical (unpaired) electrons. The van der Waals surface area contributed by atoms with Crippen LogP contribution < -0.4 is 16.0 Å². The highest BCUT2D eigenvalue weighted by molar-refractivity contribution is 7.09. The Kier molecular flexibility index (Phi) is 14.7. The fraction of sp³-hybridized carbons (Fsp3) is 0.690. The van der Waals surface area contributed by atoms with Crippen LogP contribution in [0.5, 0.6) is 0 Å². The number of urea groups is 1. The first kappa shape index (κ1) is 35.4. The van der Waals surface area contributed by atoms with Crippen LogP contribution in [0.25, 0.3) is 0 Å². The molecule has 236 valence electrons. The second kappa shape index (κ2) is 17.4. The minimum atomic E-state index is -0.878. The third-order valence-corrected chi connectivity index (χ3v) is 8.40. The zero-order chi connectivity index (χ0) is 31.3. The number of aromatic nitrogens is 2. The van der Waals surface area contributed by atoms with Crippen LogP contribution >= 0.6 is 22.7 Å². The van der Waals surface area contributed by atoms with E-state index < -0.39 is 17.7 Å². The SMILES string of the molecule is CC[C@@H](CC[C@H](CC)NC(=O)[C@H](COC(C)(C)C)NC(=O)N(C)Cc1csc(C(C)C)n1)NC(=O)OCc1cncs1. The van der Waals surface area contributed by atoms with E-state index in [1.54, 1.807) is 30.1 Å². The van der Waals surface area contributed by atoms with Gasteiger partial charge in [-0.15, -0.1) is 22.7 Å². The van der Waals surface area contributed by atoms with Gasteiger partial charge in [-0.3, -0.25) is 9.78 Å². The number of rotatable bonds is 16. The molecule has 0 bridgehead atoms. The molecular weight excluding hydrogens is 576 g/mol. The molecule has 4 amide bonds. The smallest absolute Gasteiger partial charge is 0.407 e. The number of nitrogens with one attached hydrogen (secondary N) is 3. The van der Waals surface area contributed by atoms with Crippen molar-refractivity contribution in [1.82, 2.24) is 30.8 Å². The van der Waals surface area contributed by atoms with Crippen molar-refractivity contribution in [3.8, 4) is 0 Å². The molecule has 2 rings (SSSR count). The minimum absolute atomic E-state index is 0.0320. The molecular formula is C29H48N6O5S2. The normalized spacial score (nSPS) is 13.7. The van der Waals surface area contributed by atoms with Crippen molar-refractivity contribution >= 4 is 40.7 Å². The lowest BCUT2D eigenvalue weighted by Crippen LogP contribution is -2.54. The van der Waals surface area contributed by atoms with Crippen LogP contribution in [0.1, 0.15) is 95.6 Å². The first-order valence-electron chi connectivity index (χ1n) is 14.5. The van der Waals surface area contributed by atoms with Gasteiger partial charge in [0, 0.05) is 36.6 Å². The van der Waals surface area contributed by atoms with Crippen LogP contribution in [0, 0.1) is 0 Å². The van der Waals surface area contributed by atoms with E-state index in [2.05, 4.69) is 39.8 Å². The summed E-state index contributed by atoms with van der Waals surface area (Å²) in [4.78, 5) is 49.7. The van der Waals surface area contributed by atoms with E-state index >= 15 is 0 Å². The molecule has 0 aliphatic carbocycles. The van der Waals surface area contributed by atoms with Gasteiger partial charge in [0.2, 0.25) is 5.91 Å². The Bertz CT molecular complexity index is 1100. The molecule has 0 fully saturated rings. The number of nitrogens with zero attached hydrogens (tertiary/aromatic N) is 3. The van der Waals surface area contributed by atoms with Gasteiger partial charge in [-0.1, -0.05) is 27.7 Å². The van der Waals surface area contributed by atoms with E-state index in [0.717, 1.165) is 22.0 Å². The molecule has 0 spiro atoms. The lowest BCUT2D eigenvalue weighted by atomic mass is 10.0. The molecule has 0 aliphatic heterocycles. The number of alkyl carbamates (subject to hydrolysis) is 1. The summed E-state index contributed by atoms with van der Waals surface area (Å²) in [5, 5.41) is 11.8. The monoisotopic (exact) mass is 624 g/mol. The minimum Gasteiger partial charge on any atom is -0.444 e. The number of hydrogen-bond acceptors (Lipinski definition) is 9. The Hall–Kier alpha value is -2.77. The van der Waals surface area contributed by atoms with Crippen molar-refractivity contribution in [1.29, 1.82) is 0 Å². The lowest BCUT2D eigenvalue weighted by molar-refractivity contribution is -0.126. The molecule has 0 saturated heterocycles. The van der Waals surface area contributed by atoms with E-state index in [-0.39, 0.29) is 37.2 Å². The van der Waals surface area contributed by atoms with Crippen LogP contribution in [0.3, 0.4) is 0 Å². The summed E-state index contributed by atoms with van der Waals surface area (Å²) in [6, 6.07) is -1.50. The summed E-state index contributed by atoms with van der Waals surface area (Å²) >= 11 is 3.01. The molecule has 0 unspecified atom stereocenters. The van der Waals surface area contributed by atoms with Gasteiger partial charge in [0.1, 0.15) is 12.6 Å². The highest BCUT2D eigenvalue weighted by Crippen LogP contribution is 2.20. The Balaban J connectivity index is 1.94. The third kappa shape index (κ3) is 13.0. The summed E-state index contributed by atoms with van der Waals surface area (Å²) in [6.07, 6.45) is 3.93. The molecule has 11 nitrogen and oxygen atoms in total. The molecule has 13 heteroatoms. The highest BCUT2D eigenvalue weighted by Gasteiger charge is 2.27. The summed E-state index contributed by atoms with van der Waals surface area (Å²) in [6.45, 7) is 14.4. The number of thiazole rings is 2. The van der Waals surface area contributed by atoms with Crippen LogP contribution in [-0.4, -0.2) is 70.3 Å². The maximum Gasteiger partial charge on any atom is 0.407 e. The topological polar surface area (TPSA) is 135 Å².